The molecule has 252 valence electrons. The van der Waals surface area contributed by atoms with E-state index in [1.54, 1.807) is 23.6 Å². The molecule has 1 saturated carbocycles. The number of aromatic nitrogens is 1. The van der Waals surface area contributed by atoms with E-state index in [-0.39, 0.29) is 22.3 Å². The molecule has 3 aromatic rings. The number of nitrogens with zero attached hydrogens (tertiary/aromatic N) is 3. The first-order valence-corrected chi connectivity index (χ1v) is 18.2. The first kappa shape index (κ1) is 35.8. The highest BCUT2D eigenvalue weighted by Gasteiger charge is 2.46. The average Bonchev–Trinajstić information content (AvgIpc) is 3.61. The quantitative estimate of drug-likeness (QED) is 0.259. The average molecular weight is 704 g/mol. The van der Waals surface area contributed by atoms with Gasteiger partial charge in [-0.1, -0.05) is 18.2 Å². The van der Waals surface area contributed by atoms with Gasteiger partial charge in [0.1, 0.15) is 4.21 Å². The van der Waals surface area contributed by atoms with E-state index in [2.05, 4.69) is 20.5 Å². The summed E-state index contributed by atoms with van der Waals surface area (Å²) in [6, 6.07) is 9.94. The van der Waals surface area contributed by atoms with Crippen LogP contribution in [-0.4, -0.2) is 79.9 Å². The molecule has 1 aliphatic carbocycles. The molecule has 0 radical (unpaired) electrons. The van der Waals surface area contributed by atoms with Crippen LogP contribution in [0.25, 0.3) is 0 Å². The van der Waals surface area contributed by atoms with Crippen molar-refractivity contribution >= 4 is 43.2 Å². The number of hydrogen-bond donors (Lipinski definition) is 3. The zero-order valence-corrected chi connectivity index (χ0v) is 27.6. The SMILES string of the molecule is Cc1cc(NC(=O)NCCN2CCC(N(C3CC3)S(=O)(=O)c3ccccc3C(F)(F)F)CC2)cc(C)n1.O=S(=O)(O)c1cccs1. The Balaban J connectivity index is 0.000000459. The minimum absolute atomic E-state index is 0.0116. The summed E-state index contributed by atoms with van der Waals surface area (Å²) in [5.74, 6) is 0. The number of piperidine rings is 1. The second-order valence-corrected chi connectivity index (χ2v) is 15.5. The molecule has 0 unspecified atom stereocenters. The fourth-order valence-electron chi connectivity index (χ4n) is 5.28. The summed E-state index contributed by atoms with van der Waals surface area (Å²) in [4.78, 5) is 18.0. The van der Waals surface area contributed by atoms with Crippen LogP contribution in [0, 0.1) is 13.8 Å². The molecule has 11 nitrogen and oxygen atoms in total. The van der Waals surface area contributed by atoms with Gasteiger partial charge in [0.25, 0.3) is 0 Å². The maximum Gasteiger partial charge on any atom is 0.417 e. The van der Waals surface area contributed by atoms with E-state index in [4.69, 9.17) is 4.55 Å². The van der Waals surface area contributed by atoms with Gasteiger partial charge in [-0.15, -0.1) is 11.3 Å². The lowest BCUT2D eigenvalue weighted by Gasteiger charge is -2.38. The molecule has 3 heterocycles. The molecule has 0 atom stereocenters. The smallest absolute Gasteiger partial charge is 0.337 e. The molecule has 0 bridgehead atoms. The van der Waals surface area contributed by atoms with Crippen LogP contribution in [0.2, 0.25) is 0 Å². The number of sulfonamides is 1. The topological polar surface area (TPSA) is 149 Å². The normalized spacial score (nSPS) is 16.5. The van der Waals surface area contributed by atoms with Gasteiger partial charge in [0.05, 0.1) is 10.5 Å². The molecule has 5 rings (SSSR count). The highest BCUT2D eigenvalue weighted by molar-refractivity contribution is 7.89. The Morgan fingerprint density at radius 2 is 1.61 bits per heavy atom. The van der Waals surface area contributed by atoms with E-state index in [1.807, 2.05) is 13.8 Å². The summed E-state index contributed by atoms with van der Waals surface area (Å²) in [5, 5.41) is 7.20. The standard InChI is InChI=1S/C25H32F3N5O3S.C4H4O3S2/c1-17-15-19(16-18(2)30-17)31-24(34)29-11-14-32-12-9-21(10-13-32)33(20-7-8-20)37(35,36)23-6-4-3-5-22(23)25(26,27)28;5-9(6,7)4-2-1-3-8-4/h3-6,15-16,20-21H,7-14H2,1-2H3,(H2,29,30,31,34);1-3H,(H,5,6,7). The second-order valence-electron chi connectivity index (χ2n) is 11.1. The van der Waals surface area contributed by atoms with Crippen LogP contribution < -0.4 is 10.6 Å². The van der Waals surface area contributed by atoms with Gasteiger partial charge >= 0.3 is 22.3 Å². The van der Waals surface area contributed by atoms with E-state index in [9.17, 15) is 34.8 Å². The summed E-state index contributed by atoms with van der Waals surface area (Å²) in [7, 11) is -8.25. The number of anilines is 1. The summed E-state index contributed by atoms with van der Waals surface area (Å²) in [6.07, 6.45) is -2.40. The number of carbonyl (C=O) groups excluding carboxylic acids is 1. The summed E-state index contributed by atoms with van der Waals surface area (Å²) in [5.41, 5.74) is 1.15. The Bertz CT molecular complexity index is 1690. The van der Waals surface area contributed by atoms with Gasteiger partial charge < -0.3 is 15.5 Å². The van der Waals surface area contributed by atoms with E-state index in [0.717, 1.165) is 34.9 Å². The molecule has 1 saturated heterocycles. The van der Waals surface area contributed by atoms with Crippen molar-refractivity contribution in [1.29, 1.82) is 0 Å². The zero-order chi connectivity index (χ0) is 33.7. The van der Waals surface area contributed by atoms with Crippen molar-refractivity contribution in [2.24, 2.45) is 0 Å². The van der Waals surface area contributed by atoms with Gasteiger partial charge in [0.2, 0.25) is 10.0 Å². The van der Waals surface area contributed by atoms with Gasteiger partial charge in [-0.3, -0.25) is 9.54 Å². The van der Waals surface area contributed by atoms with Crippen LogP contribution in [0.3, 0.4) is 0 Å². The number of nitrogens with one attached hydrogen (secondary N) is 2. The van der Waals surface area contributed by atoms with Crippen molar-refractivity contribution in [3.05, 3.63) is 70.9 Å². The maximum absolute atomic E-state index is 13.6. The summed E-state index contributed by atoms with van der Waals surface area (Å²) in [6.45, 7) is 5.88. The van der Waals surface area contributed by atoms with Crippen LogP contribution in [0.15, 0.2) is 63.0 Å². The van der Waals surface area contributed by atoms with Crippen LogP contribution in [0.5, 0.6) is 0 Å². The minimum Gasteiger partial charge on any atom is -0.337 e. The lowest BCUT2D eigenvalue weighted by atomic mass is 10.0. The maximum atomic E-state index is 13.6. The Kier molecular flexibility index (Phi) is 11.5. The second kappa shape index (κ2) is 14.8. The van der Waals surface area contributed by atoms with Crippen molar-refractivity contribution in [2.45, 2.75) is 66.9 Å². The summed E-state index contributed by atoms with van der Waals surface area (Å²) < 4.78 is 97.8. The van der Waals surface area contributed by atoms with Crippen LogP contribution >= 0.6 is 11.3 Å². The van der Waals surface area contributed by atoms with Crippen LogP contribution in [-0.2, 0) is 26.3 Å². The molecule has 2 fully saturated rings. The van der Waals surface area contributed by atoms with E-state index in [1.165, 1.54) is 22.5 Å². The Hall–Kier alpha value is -3.09. The number of benzene rings is 1. The molecular weight excluding hydrogens is 668 g/mol. The predicted molar refractivity (Wildman–Crippen MR) is 168 cm³/mol. The number of hydrogen-bond acceptors (Lipinski definition) is 8. The first-order chi connectivity index (χ1) is 21.6. The number of urea groups is 1. The van der Waals surface area contributed by atoms with E-state index < -0.39 is 36.8 Å². The lowest BCUT2D eigenvalue weighted by molar-refractivity contribution is -0.139. The van der Waals surface area contributed by atoms with Gasteiger partial charge in [-0.25, -0.2) is 13.2 Å². The highest BCUT2D eigenvalue weighted by Crippen LogP contribution is 2.40. The third kappa shape index (κ3) is 9.71. The molecule has 2 amide bonds. The number of thiophene rings is 1. The number of likely N-dealkylation sites (tertiary alicyclic amines) is 1. The van der Waals surface area contributed by atoms with Crippen LogP contribution in [0.1, 0.15) is 42.6 Å². The number of amides is 2. The van der Waals surface area contributed by atoms with Crippen LogP contribution in [0.4, 0.5) is 23.7 Å². The number of halogens is 3. The fraction of sp³-hybridized carbons (Fsp3) is 0.448. The van der Waals surface area contributed by atoms with Crippen molar-refractivity contribution in [3.8, 4) is 0 Å². The molecule has 2 aliphatic rings. The van der Waals surface area contributed by atoms with Crippen molar-refractivity contribution in [3.63, 3.8) is 0 Å². The fourth-order valence-corrected chi connectivity index (χ4v) is 8.77. The minimum atomic E-state index is -4.75. The number of pyridine rings is 1. The predicted octanol–water partition coefficient (Wildman–Crippen LogP) is 5.15. The Labute approximate surface area is 270 Å². The largest absolute Gasteiger partial charge is 0.417 e. The molecule has 3 N–H and O–H groups in total. The Morgan fingerprint density at radius 3 is 2.13 bits per heavy atom. The molecule has 0 spiro atoms. The van der Waals surface area contributed by atoms with Gasteiger partial charge in [0.15, 0.2) is 0 Å². The number of aryl methyl sites for hydroxylation is 2. The Morgan fingerprint density at radius 1 is 1.00 bits per heavy atom. The lowest BCUT2D eigenvalue weighted by Crippen LogP contribution is -2.49. The first-order valence-electron chi connectivity index (χ1n) is 14.5. The molecule has 2 aromatic heterocycles. The number of carbonyl (C=O) groups is 1. The highest BCUT2D eigenvalue weighted by atomic mass is 32.3. The van der Waals surface area contributed by atoms with E-state index in [0.29, 0.717) is 57.5 Å². The van der Waals surface area contributed by atoms with Crippen molar-refractivity contribution in [1.82, 2.24) is 19.5 Å². The van der Waals surface area contributed by atoms with Gasteiger partial charge in [-0.2, -0.15) is 25.9 Å². The molecular formula is C29H36F3N5O6S3. The van der Waals surface area contributed by atoms with Crippen molar-refractivity contribution in [2.75, 3.05) is 31.5 Å². The third-order valence-corrected chi connectivity index (χ3v) is 11.7. The molecule has 17 heteroatoms. The molecule has 46 heavy (non-hydrogen) atoms. The molecule has 1 aromatic carbocycles. The monoisotopic (exact) mass is 703 g/mol. The van der Waals surface area contributed by atoms with E-state index >= 15 is 0 Å². The number of rotatable bonds is 9. The zero-order valence-electron chi connectivity index (χ0n) is 25.2. The van der Waals surface area contributed by atoms with Gasteiger partial charge in [0, 0.05) is 42.2 Å². The van der Waals surface area contributed by atoms with Gasteiger partial charge in [-0.05, 0) is 88.3 Å². The summed E-state index contributed by atoms with van der Waals surface area (Å²) >= 11 is 0.992. The number of alkyl halides is 3. The third-order valence-electron chi connectivity index (χ3n) is 7.37. The molecule has 1 aliphatic heterocycles. The van der Waals surface area contributed by atoms with Crippen molar-refractivity contribution < 1.29 is 39.4 Å².